The van der Waals surface area contributed by atoms with Crippen LogP contribution in [0.2, 0.25) is 0 Å². The van der Waals surface area contributed by atoms with E-state index in [1.807, 2.05) is 20.1 Å². The van der Waals surface area contributed by atoms with Gasteiger partial charge in [0.15, 0.2) is 0 Å². The van der Waals surface area contributed by atoms with Crippen molar-refractivity contribution in [2.75, 3.05) is 19.6 Å². The first-order valence-corrected chi connectivity index (χ1v) is 12.5. The Labute approximate surface area is 188 Å². The Balaban J connectivity index is 1.36. The summed E-state index contributed by atoms with van der Waals surface area (Å²) in [7, 11) is 0. The molecule has 5 nitrogen and oxygen atoms in total. The SMILES string of the molecule is CC=c1occ(C2CCN(CCC3CCC(NC(=O)CC(N)CC)CC3)CC2)c1=CC. The molecule has 5 heteroatoms. The number of amides is 1. The van der Waals surface area contributed by atoms with Crippen molar-refractivity contribution in [3.05, 3.63) is 22.5 Å². The smallest absolute Gasteiger partial charge is 0.221 e. The molecule has 1 atom stereocenters. The van der Waals surface area contributed by atoms with Gasteiger partial charge in [-0.2, -0.15) is 0 Å². The Morgan fingerprint density at radius 1 is 1.19 bits per heavy atom. The Kier molecular flexibility index (Phi) is 9.21. The minimum Gasteiger partial charge on any atom is -0.464 e. The number of likely N-dealkylation sites (tertiary alicyclic amines) is 1. The highest BCUT2D eigenvalue weighted by Crippen LogP contribution is 2.29. The van der Waals surface area contributed by atoms with Crippen molar-refractivity contribution < 1.29 is 9.21 Å². The number of nitrogens with two attached hydrogens (primary N) is 1. The molecule has 3 rings (SSSR count). The molecule has 1 aliphatic carbocycles. The fraction of sp³-hybridized carbons (Fsp3) is 0.731. The van der Waals surface area contributed by atoms with Gasteiger partial charge in [-0.3, -0.25) is 4.79 Å². The molecular weight excluding hydrogens is 386 g/mol. The lowest BCUT2D eigenvalue weighted by atomic mass is 9.83. The molecule has 31 heavy (non-hydrogen) atoms. The molecule has 174 valence electrons. The summed E-state index contributed by atoms with van der Waals surface area (Å²) in [6.07, 6.45) is 16.0. The van der Waals surface area contributed by atoms with Gasteiger partial charge in [0, 0.05) is 29.3 Å². The molecule has 0 radical (unpaired) electrons. The molecule has 1 aromatic rings. The Hall–Kier alpha value is -1.59. The van der Waals surface area contributed by atoms with Crippen LogP contribution < -0.4 is 21.7 Å². The van der Waals surface area contributed by atoms with E-state index in [1.165, 1.54) is 62.5 Å². The van der Waals surface area contributed by atoms with E-state index < -0.39 is 0 Å². The summed E-state index contributed by atoms with van der Waals surface area (Å²) in [5.41, 5.74) is 8.31. The van der Waals surface area contributed by atoms with E-state index >= 15 is 0 Å². The summed E-state index contributed by atoms with van der Waals surface area (Å²) >= 11 is 0. The minimum absolute atomic E-state index is 0.00675. The highest BCUT2D eigenvalue weighted by molar-refractivity contribution is 5.76. The number of piperidine rings is 1. The van der Waals surface area contributed by atoms with E-state index in [0.29, 0.717) is 18.4 Å². The fourth-order valence-corrected chi connectivity index (χ4v) is 5.34. The maximum atomic E-state index is 12.1. The standard InChI is InChI=1S/C26H43N3O2/c1-4-21(27)17-26(30)28-22-9-7-19(8-10-22)11-14-29-15-12-20(13-16-29)24-18-31-25(6-3)23(24)5-2/h5-6,18-22H,4,7-17,27H2,1-3H3,(H,28,30). The van der Waals surface area contributed by atoms with Crippen LogP contribution in [0.4, 0.5) is 0 Å². The lowest BCUT2D eigenvalue weighted by Crippen LogP contribution is -2.40. The zero-order chi connectivity index (χ0) is 22.2. The lowest BCUT2D eigenvalue weighted by molar-refractivity contribution is -0.122. The predicted molar refractivity (Wildman–Crippen MR) is 128 cm³/mol. The van der Waals surface area contributed by atoms with E-state index in [1.54, 1.807) is 0 Å². The molecule has 1 unspecified atom stereocenters. The number of nitrogens with one attached hydrogen (secondary N) is 1. The van der Waals surface area contributed by atoms with Crippen molar-refractivity contribution in [2.24, 2.45) is 11.7 Å². The van der Waals surface area contributed by atoms with Gasteiger partial charge < -0.3 is 20.4 Å². The second-order valence-corrected chi connectivity index (χ2v) is 9.61. The summed E-state index contributed by atoms with van der Waals surface area (Å²) in [6, 6.07) is 0.348. The first-order chi connectivity index (χ1) is 15.0. The van der Waals surface area contributed by atoms with Gasteiger partial charge in [-0.25, -0.2) is 0 Å². The predicted octanol–water partition coefficient (Wildman–Crippen LogP) is 3.25. The van der Waals surface area contributed by atoms with Crippen LogP contribution in [-0.4, -0.2) is 42.5 Å². The highest BCUT2D eigenvalue weighted by atomic mass is 16.3. The third-order valence-electron chi connectivity index (χ3n) is 7.50. The monoisotopic (exact) mass is 429 g/mol. The zero-order valence-corrected chi connectivity index (χ0v) is 19.9. The summed E-state index contributed by atoms with van der Waals surface area (Å²) in [6.45, 7) is 9.77. The van der Waals surface area contributed by atoms with Gasteiger partial charge in [0.1, 0.15) is 5.42 Å². The first-order valence-electron chi connectivity index (χ1n) is 12.5. The molecule has 3 N–H and O–H groups in total. The molecule has 0 aromatic carbocycles. The molecule has 2 aliphatic rings. The van der Waals surface area contributed by atoms with Crippen molar-refractivity contribution in [1.82, 2.24) is 10.2 Å². The third kappa shape index (κ3) is 6.69. The molecule has 0 bridgehead atoms. The van der Waals surface area contributed by atoms with Crippen molar-refractivity contribution in [1.29, 1.82) is 0 Å². The Morgan fingerprint density at radius 3 is 2.52 bits per heavy atom. The van der Waals surface area contributed by atoms with Crippen LogP contribution in [0.1, 0.15) is 90.0 Å². The van der Waals surface area contributed by atoms with Gasteiger partial charge in [-0.1, -0.05) is 13.0 Å². The van der Waals surface area contributed by atoms with Gasteiger partial charge in [-0.05, 0) is 103 Å². The number of hydrogen-bond acceptors (Lipinski definition) is 4. The molecule has 1 saturated heterocycles. The maximum absolute atomic E-state index is 12.1. The first kappa shape index (κ1) is 24.1. The summed E-state index contributed by atoms with van der Waals surface area (Å²) in [5, 5.41) is 4.50. The Morgan fingerprint density at radius 2 is 1.90 bits per heavy atom. The number of nitrogens with zero attached hydrogens (tertiary/aromatic N) is 1. The Bertz CT molecular complexity index is 799. The number of carbonyl (C=O) groups excluding carboxylic acids is 1. The molecule has 0 spiro atoms. The number of hydrogen-bond donors (Lipinski definition) is 2. The van der Waals surface area contributed by atoms with Crippen LogP contribution in [0, 0.1) is 5.92 Å². The third-order valence-corrected chi connectivity index (χ3v) is 7.50. The van der Waals surface area contributed by atoms with Crippen LogP contribution in [0.5, 0.6) is 0 Å². The van der Waals surface area contributed by atoms with Crippen molar-refractivity contribution >= 4 is 18.1 Å². The average molecular weight is 430 g/mol. The molecule has 1 saturated carbocycles. The van der Waals surface area contributed by atoms with E-state index in [9.17, 15) is 4.79 Å². The molecule has 1 aromatic heterocycles. The molecule has 2 fully saturated rings. The zero-order valence-electron chi connectivity index (χ0n) is 19.9. The summed E-state index contributed by atoms with van der Waals surface area (Å²) in [4.78, 5) is 14.7. The lowest BCUT2D eigenvalue weighted by Gasteiger charge is -2.34. The van der Waals surface area contributed by atoms with Crippen LogP contribution in [0.3, 0.4) is 0 Å². The molecule has 2 heterocycles. The van der Waals surface area contributed by atoms with Gasteiger partial charge in [0.2, 0.25) is 5.91 Å². The van der Waals surface area contributed by atoms with E-state index in [2.05, 4.69) is 29.3 Å². The second kappa shape index (κ2) is 11.9. The number of rotatable bonds is 8. The molecule has 1 aliphatic heterocycles. The summed E-state index contributed by atoms with van der Waals surface area (Å²) < 4.78 is 5.77. The number of carbonyl (C=O) groups is 1. The number of furan rings is 1. The average Bonchev–Trinajstić information content (AvgIpc) is 3.22. The van der Waals surface area contributed by atoms with E-state index in [-0.39, 0.29) is 11.9 Å². The van der Waals surface area contributed by atoms with Crippen molar-refractivity contribution in [3.8, 4) is 0 Å². The maximum Gasteiger partial charge on any atom is 0.221 e. The van der Waals surface area contributed by atoms with Crippen molar-refractivity contribution in [2.45, 2.75) is 96.6 Å². The topological polar surface area (TPSA) is 71.5 Å². The minimum atomic E-state index is -0.00675. The highest BCUT2D eigenvalue weighted by Gasteiger charge is 2.25. The van der Waals surface area contributed by atoms with Gasteiger partial charge >= 0.3 is 0 Å². The normalized spacial score (nSPS) is 25.7. The molecular formula is C26H43N3O2. The quantitative estimate of drug-likeness (QED) is 0.665. The van der Waals surface area contributed by atoms with Crippen LogP contribution in [0.15, 0.2) is 10.7 Å². The van der Waals surface area contributed by atoms with E-state index in [4.69, 9.17) is 10.2 Å². The van der Waals surface area contributed by atoms with Gasteiger partial charge in [0.05, 0.1) is 6.26 Å². The second-order valence-electron chi connectivity index (χ2n) is 9.61. The largest absolute Gasteiger partial charge is 0.464 e. The van der Waals surface area contributed by atoms with Crippen molar-refractivity contribution in [3.63, 3.8) is 0 Å². The fourth-order valence-electron chi connectivity index (χ4n) is 5.34. The van der Waals surface area contributed by atoms with Crippen LogP contribution >= 0.6 is 0 Å². The summed E-state index contributed by atoms with van der Waals surface area (Å²) in [5.74, 6) is 1.56. The van der Waals surface area contributed by atoms with Gasteiger partial charge in [-0.15, -0.1) is 0 Å². The van der Waals surface area contributed by atoms with E-state index in [0.717, 1.165) is 30.6 Å². The van der Waals surface area contributed by atoms with Gasteiger partial charge in [0.25, 0.3) is 0 Å². The van der Waals surface area contributed by atoms with Crippen LogP contribution in [0.25, 0.3) is 12.2 Å². The molecule has 1 amide bonds. The van der Waals surface area contributed by atoms with Crippen LogP contribution in [-0.2, 0) is 4.79 Å².